The molecule has 0 saturated carbocycles. The van der Waals surface area contributed by atoms with Crippen LogP contribution in [0.4, 0.5) is 11.4 Å². The first kappa shape index (κ1) is 21.9. The molecule has 28 heavy (non-hydrogen) atoms. The second-order valence-corrected chi connectivity index (χ2v) is 9.62. The van der Waals surface area contributed by atoms with Crippen LogP contribution in [0.1, 0.15) is 19.8 Å². The lowest BCUT2D eigenvalue weighted by molar-refractivity contribution is -0.116. The summed E-state index contributed by atoms with van der Waals surface area (Å²) in [6, 6.07) is 14.1. The summed E-state index contributed by atoms with van der Waals surface area (Å²) in [6.45, 7) is 1.73. The van der Waals surface area contributed by atoms with E-state index in [4.69, 9.17) is 0 Å². The van der Waals surface area contributed by atoms with Gasteiger partial charge in [0.05, 0.1) is 10.6 Å². The fourth-order valence-corrected chi connectivity index (χ4v) is 4.51. The predicted octanol–water partition coefficient (Wildman–Crippen LogP) is 2.15. The molecule has 0 fully saturated rings. The Balaban J connectivity index is 1.83. The summed E-state index contributed by atoms with van der Waals surface area (Å²) in [6.07, 6.45) is 0.467. The van der Waals surface area contributed by atoms with Crippen LogP contribution in [-0.4, -0.2) is 35.0 Å². The molecule has 2 rings (SSSR count). The van der Waals surface area contributed by atoms with Crippen LogP contribution >= 0.6 is 0 Å². The number of anilines is 2. The van der Waals surface area contributed by atoms with Gasteiger partial charge in [-0.3, -0.25) is 9.52 Å². The van der Waals surface area contributed by atoms with Gasteiger partial charge in [0, 0.05) is 24.3 Å². The summed E-state index contributed by atoms with van der Waals surface area (Å²) in [7, 11) is -7.02. The minimum Gasteiger partial charge on any atom is -0.326 e. The molecule has 0 unspecified atom stereocenters. The van der Waals surface area contributed by atoms with E-state index in [-0.39, 0.29) is 29.5 Å². The Morgan fingerprint density at radius 2 is 1.50 bits per heavy atom. The second-order valence-electron chi connectivity index (χ2n) is 6.01. The SMILES string of the molecule is CCCS(=O)(=O)Nc1ccc(NC(=O)CCNS(=O)(=O)c2ccccc2)cc1. The van der Waals surface area contributed by atoms with Crippen molar-refractivity contribution in [2.45, 2.75) is 24.7 Å². The number of amides is 1. The summed E-state index contributed by atoms with van der Waals surface area (Å²) in [5, 5.41) is 2.63. The van der Waals surface area contributed by atoms with Crippen LogP contribution < -0.4 is 14.8 Å². The standard InChI is InChI=1S/C18H23N3O5S2/c1-2-14-27(23,24)21-16-10-8-15(9-11-16)20-18(22)12-13-19-28(25,26)17-6-4-3-5-7-17/h3-11,19,21H,2,12-14H2,1H3,(H,20,22). The van der Waals surface area contributed by atoms with Gasteiger partial charge in [0.1, 0.15) is 0 Å². The highest BCUT2D eigenvalue weighted by Crippen LogP contribution is 2.15. The average molecular weight is 426 g/mol. The van der Waals surface area contributed by atoms with Gasteiger partial charge in [-0.25, -0.2) is 21.6 Å². The molecule has 3 N–H and O–H groups in total. The van der Waals surface area contributed by atoms with Crippen LogP contribution in [0.15, 0.2) is 59.5 Å². The number of hydrogen-bond acceptors (Lipinski definition) is 5. The van der Waals surface area contributed by atoms with Gasteiger partial charge in [-0.2, -0.15) is 0 Å². The van der Waals surface area contributed by atoms with Gasteiger partial charge in [0.2, 0.25) is 26.0 Å². The smallest absolute Gasteiger partial charge is 0.240 e. The average Bonchev–Trinajstić information content (AvgIpc) is 2.63. The lowest BCUT2D eigenvalue weighted by Gasteiger charge is -2.09. The van der Waals surface area contributed by atoms with Crippen molar-refractivity contribution in [3.63, 3.8) is 0 Å². The van der Waals surface area contributed by atoms with Crippen molar-refractivity contribution in [3.8, 4) is 0 Å². The third-order valence-electron chi connectivity index (χ3n) is 3.61. The molecule has 10 heteroatoms. The number of nitrogens with one attached hydrogen (secondary N) is 3. The van der Waals surface area contributed by atoms with Crippen molar-refractivity contribution in [2.75, 3.05) is 22.3 Å². The largest absolute Gasteiger partial charge is 0.326 e. The zero-order valence-corrected chi connectivity index (χ0v) is 17.0. The highest BCUT2D eigenvalue weighted by atomic mass is 32.2. The molecule has 2 aromatic carbocycles. The first-order valence-electron chi connectivity index (χ1n) is 8.67. The van der Waals surface area contributed by atoms with Crippen molar-refractivity contribution >= 4 is 37.3 Å². The topological polar surface area (TPSA) is 121 Å². The van der Waals surface area contributed by atoms with Crippen molar-refractivity contribution < 1.29 is 21.6 Å². The third-order valence-corrected chi connectivity index (χ3v) is 6.58. The zero-order valence-electron chi connectivity index (χ0n) is 15.4. The number of benzene rings is 2. The molecule has 0 radical (unpaired) electrons. The fraction of sp³-hybridized carbons (Fsp3) is 0.278. The number of rotatable bonds is 10. The van der Waals surface area contributed by atoms with Gasteiger partial charge in [0.25, 0.3) is 0 Å². The van der Waals surface area contributed by atoms with E-state index < -0.39 is 20.0 Å². The van der Waals surface area contributed by atoms with Gasteiger partial charge in [-0.15, -0.1) is 0 Å². The Morgan fingerprint density at radius 3 is 2.11 bits per heavy atom. The van der Waals surface area contributed by atoms with Crippen LogP contribution in [0.3, 0.4) is 0 Å². The zero-order chi connectivity index (χ0) is 20.6. The minimum absolute atomic E-state index is 0.0321. The molecular weight excluding hydrogens is 402 g/mol. The van der Waals surface area contributed by atoms with E-state index in [0.717, 1.165) is 0 Å². The molecule has 152 valence electrons. The molecule has 0 aliphatic carbocycles. The lowest BCUT2D eigenvalue weighted by atomic mass is 10.3. The molecule has 0 atom stereocenters. The molecule has 0 spiro atoms. The number of hydrogen-bond donors (Lipinski definition) is 3. The monoisotopic (exact) mass is 425 g/mol. The van der Waals surface area contributed by atoms with Gasteiger partial charge in [-0.05, 0) is 42.8 Å². The Bertz CT molecular complexity index is 989. The van der Waals surface area contributed by atoms with E-state index in [2.05, 4.69) is 14.8 Å². The van der Waals surface area contributed by atoms with Crippen molar-refractivity contribution in [1.82, 2.24) is 4.72 Å². The Hall–Kier alpha value is -2.43. The van der Waals surface area contributed by atoms with E-state index >= 15 is 0 Å². The Labute approximate surface area is 165 Å². The first-order chi connectivity index (χ1) is 13.2. The highest BCUT2D eigenvalue weighted by molar-refractivity contribution is 7.92. The van der Waals surface area contributed by atoms with Gasteiger partial charge < -0.3 is 5.32 Å². The summed E-state index contributed by atoms with van der Waals surface area (Å²) in [5.41, 5.74) is 0.886. The number of carbonyl (C=O) groups is 1. The van der Waals surface area contributed by atoms with Gasteiger partial charge in [0.15, 0.2) is 0 Å². The molecule has 0 heterocycles. The highest BCUT2D eigenvalue weighted by Gasteiger charge is 2.13. The van der Waals surface area contributed by atoms with Gasteiger partial charge in [-0.1, -0.05) is 25.1 Å². The maximum atomic E-state index is 12.1. The van der Waals surface area contributed by atoms with Crippen LogP contribution in [-0.2, 0) is 24.8 Å². The summed E-state index contributed by atoms with van der Waals surface area (Å²) in [4.78, 5) is 12.1. The van der Waals surface area contributed by atoms with Crippen molar-refractivity contribution in [3.05, 3.63) is 54.6 Å². The maximum Gasteiger partial charge on any atom is 0.240 e. The molecule has 0 aliphatic rings. The maximum absolute atomic E-state index is 12.1. The van der Waals surface area contributed by atoms with Crippen LogP contribution in [0.5, 0.6) is 0 Å². The van der Waals surface area contributed by atoms with E-state index in [1.165, 1.54) is 12.1 Å². The van der Waals surface area contributed by atoms with E-state index in [9.17, 15) is 21.6 Å². The quantitative estimate of drug-likeness (QED) is 0.538. The molecule has 0 bridgehead atoms. The lowest BCUT2D eigenvalue weighted by Crippen LogP contribution is -2.27. The first-order valence-corrected chi connectivity index (χ1v) is 11.8. The summed E-state index contributed by atoms with van der Waals surface area (Å²) in [5.74, 6) is -0.334. The van der Waals surface area contributed by atoms with Crippen LogP contribution in [0.25, 0.3) is 0 Å². The molecular formula is C18H23N3O5S2. The van der Waals surface area contributed by atoms with E-state index in [0.29, 0.717) is 17.8 Å². The third kappa shape index (κ3) is 6.95. The summed E-state index contributed by atoms with van der Waals surface area (Å²) < 4.78 is 52.4. The van der Waals surface area contributed by atoms with Crippen LogP contribution in [0.2, 0.25) is 0 Å². The molecule has 0 saturated heterocycles. The molecule has 0 aliphatic heterocycles. The van der Waals surface area contributed by atoms with E-state index in [1.54, 1.807) is 49.4 Å². The normalized spacial score (nSPS) is 11.8. The molecule has 1 amide bonds. The number of carbonyl (C=O) groups excluding carboxylic acids is 1. The Morgan fingerprint density at radius 1 is 0.893 bits per heavy atom. The molecule has 2 aromatic rings. The van der Waals surface area contributed by atoms with E-state index in [1.807, 2.05) is 0 Å². The number of sulfonamides is 2. The van der Waals surface area contributed by atoms with Crippen molar-refractivity contribution in [1.29, 1.82) is 0 Å². The fourth-order valence-electron chi connectivity index (χ4n) is 2.33. The summed E-state index contributed by atoms with van der Waals surface area (Å²) >= 11 is 0. The molecule has 0 aromatic heterocycles. The minimum atomic E-state index is -3.65. The van der Waals surface area contributed by atoms with Crippen LogP contribution in [0, 0.1) is 0 Å². The van der Waals surface area contributed by atoms with Gasteiger partial charge >= 0.3 is 0 Å². The molecule has 8 nitrogen and oxygen atoms in total. The second kappa shape index (κ2) is 9.67. The Kier molecular flexibility index (Phi) is 7.55. The van der Waals surface area contributed by atoms with Crippen molar-refractivity contribution in [2.24, 2.45) is 0 Å². The predicted molar refractivity (Wildman–Crippen MR) is 109 cm³/mol.